The van der Waals surface area contributed by atoms with Crippen molar-refractivity contribution in [2.24, 2.45) is 0 Å². The normalized spacial score (nSPS) is 11.8. The Kier molecular flexibility index (Phi) is 4.18. The smallest absolute Gasteiger partial charge is 0.307 e. The zero-order valence-corrected chi connectivity index (χ0v) is 15.0. The molecule has 0 atom stereocenters. The highest BCUT2D eigenvalue weighted by Crippen LogP contribution is 2.29. The van der Waals surface area contributed by atoms with Gasteiger partial charge in [-0.2, -0.15) is 0 Å². The van der Waals surface area contributed by atoms with Crippen LogP contribution in [0.5, 0.6) is 0 Å². The molecule has 0 unspecified atom stereocenters. The molecule has 0 aliphatic carbocycles. The number of fused-ring (bicyclic) bond motifs is 1. The SMILES string of the molecule is Cc1c(CC(=O)O)c2cccnc2n1S(=O)(=O)c1cccc(Br)c1. The topological polar surface area (TPSA) is 89.3 Å². The van der Waals surface area contributed by atoms with Gasteiger partial charge >= 0.3 is 5.97 Å². The van der Waals surface area contributed by atoms with E-state index in [0.29, 0.717) is 21.1 Å². The second-order valence-electron chi connectivity index (χ2n) is 5.24. The number of carboxylic acids is 1. The summed E-state index contributed by atoms with van der Waals surface area (Å²) >= 11 is 3.27. The molecule has 0 spiro atoms. The van der Waals surface area contributed by atoms with Crippen LogP contribution in [0.3, 0.4) is 0 Å². The Labute approximate surface area is 146 Å². The van der Waals surface area contributed by atoms with E-state index < -0.39 is 16.0 Å². The van der Waals surface area contributed by atoms with Crippen molar-refractivity contribution in [1.29, 1.82) is 0 Å². The summed E-state index contributed by atoms with van der Waals surface area (Å²) in [6, 6.07) is 9.69. The zero-order chi connectivity index (χ0) is 17.5. The third kappa shape index (κ3) is 2.71. The minimum Gasteiger partial charge on any atom is -0.481 e. The molecule has 0 bridgehead atoms. The summed E-state index contributed by atoms with van der Waals surface area (Å²) in [6.45, 7) is 1.59. The van der Waals surface area contributed by atoms with Gasteiger partial charge in [0.25, 0.3) is 10.0 Å². The molecule has 124 valence electrons. The van der Waals surface area contributed by atoms with E-state index in [2.05, 4.69) is 20.9 Å². The lowest BCUT2D eigenvalue weighted by Crippen LogP contribution is -2.15. The predicted molar refractivity (Wildman–Crippen MR) is 92.5 cm³/mol. The van der Waals surface area contributed by atoms with Gasteiger partial charge in [-0.1, -0.05) is 22.0 Å². The number of aromatic nitrogens is 2. The molecule has 8 heteroatoms. The number of carboxylic acid groups (broad SMARTS) is 1. The van der Waals surface area contributed by atoms with Crippen LogP contribution in [0.25, 0.3) is 11.0 Å². The molecule has 1 N–H and O–H groups in total. The van der Waals surface area contributed by atoms with Crippen LogP contribution in [-0.4, -0.2) is 28.5 Å². The second kappa shape index (κ2) is 6.03. The van der Waals surface area contributed by atoms with Crippen LogP contribution in [0.15, 0.2) is 52.0 Å². The predicted octanol–water partition coefficient (Wildman–Crippen LogP) is 2.97. The van der Waals surface area contributed by atoms with Gasteiger partial charge in [0.05, 0.1) is 11.3 Å². The summed E-state index contributed by atoms with van der Waals surface area (Å²) in [7, 11) is -3.90. The molecule has 0 amide bonds. The van der Waals surface area contributed by atoms with Crippen LogP contribution >= 0.6 is 15.9 Å². The first kappa shape index (κ1) is 16.7. The van der Waals surface area contributed by atoms with E-state index in [1.807, 2.05) is 0 Å². The first-order chi connectivity index (χ1) is 11.3. The summed E-state index contributed by atoms with van der Waals surface area (Å²) in [5.74, 6) is -1.03. The lowest BCUT2D eigenvalue weighted by atomic mass is 10.1. The van der Waals surface area contributed by atoms with E-state index in [9.17, 15) is 13.2 Å². The number of pyridine rings is 1. The maximum Gasteiger partial charge on any atom is 0.307 e. The highest BCUT2D eigenvalue weighted by molar-refractivity contribution is 9.10. The van der Waals surface area contributed by atoms with Crippen LogP contribution in [0, 0.1) is 6.92 Å². The maximum atomic E-state index is 13.1. The van der Waals surface area contributed by atoms with Gasteiger partial charge in [0.15, 0.2) is 5.65 Å². The third-order valence-corrected chi connectivity index (χ3v) is 5.98. The number of aliphatic carboxylic acids is 1. The molecular formula is C16H13BrN2O4S. The monoisotopic (exact) mass is 408 g/mol. The van der Waals surface area contributed by atoms with Gasteiger partial charge in [-0.3, -0.25) is 4.79 Å². The Morgan fingerprint density at radius 1 is 1.29 bits per heavy atom. The first-order valence-electron chi connectivity index (χ1n) is 7.00. The quantitative estimate of drug-likeness (QED) is 0.716. The molecule has 3 aromatic rings. The van der Waals surface area contributed by atoms with Gasteiger partial charge in [0.1, 0.15) is 0 Å². The fourth-order valence-electron chi connectivity index (χ4n) is 2.67. The maximum absolute atomic E-state index is 13.1. The summed E-state index contributed by atoms with van der Waals surface area (Å²) < 4.78 is 27.9. The molecule has 6 nitrogen and oxygen atoms in total. The molecule has 0 fully saturated rings. The molecule has 2 heterocycles. The van der Waals surface area contributed by atoms with Crippen LogP contribution in [0.4, 0.5) is 0 Å². The highest BCUT2D eigenvalue weighted by Gasteiger charge is 2.26. The Hall–Kier alpha value is -2.19. The van der Waals surface area contributed by atoms with Crippen LogP contribution < -0.4 is 0 Å². The Morgan fingerprint density at radius 3 is 2.71 bits per heavy atom. The first-order valence-corrected chi connectivity index (χ1v) is 9.23. The van der Waals surface area contributed by atoms with Crippen LogP contribution in [-0.2, 0) is 21.2 Å². The highest BCUT2D eigenvalue weighted by atomic mass is 79.9. The van der Waals surface area contributed by atoms with Crippen molar-refractivity contribution < 1.29 is 18.3 Å². The van der Waals surface area contributed by atoms with Crippen molar-refractivity contribution in [2.75, 3.05) is 0 Å². The lowest BCUT2D eigenvalue weighted by molar-refractivity contribution is -0.136. The number of hydrogen-bond donors (Lipinski definition) is 1. The van der Waals surface area contributed by atoms with Crippen molar-refractivity contribution in [3.05, 3.63) is 58.3 Å². The molecule has 2 aromatic heterocycles. The molecule has 0 aliphatic heterocycles. The number of carbonyl (C=O) groups is 1. The number of benzene rings is 1. The van der Waals surface area contributed by atoms with Crippen LogP contribution in [0.2, 0.25) is 0 Å². The summed E-state index contributed by atoms with van der Waals surface area (Å²) in [5.41, 5.74) is 1.03. The zero-order valence-electron chi connectivity index (χ0n) is 12.6. The second-order valence-corrected chi connectivity index (χ2v) is 7.94. The van der Waals surface area contributed by atoms with E-state index in [1.165, 1.54) is 18.3 Å². The molecule has 1 aromatic carbocycles. The number of nitrogens with zero attached hydrogens (tertiary/aromatic N) is 2. The average Bonchev–Trinajstić information content (AvgIpc) is 2.80. The Bertz CT molecular complexity index is 1060. The largest absolute Gasteiger partial charge is 0.481 e. The lowest BCUT2D eigenvalue weighted by Gasteiger charge is -2.10. The summed E-state index contributed by atoms with van der Waals surface area (Å²) in [6.07, 6.45) is 1.22. The van der Waals surface area contributed by atoms with Crippen molar-refractivity contribution in [2.45, 2.75) is 18.2 Å². The minimum absolute atomic E-state index is 0.101. The molecule has 0 saturated carbocycles. The van der Waals surface area contributed by atoms with E-state index in [0.717, 1.165) is 3.97 Å². The molecular weight excluding hydrogens is 396 g/mol. The average molecular weight is 409 g/mol. The van der Waals surface area contributed by atoms with Gasteiger partial charge in [0.2, 0.25) is 0 Å². The van der Waals surface area contributed by atoms with E-state index in [-0.39, 0.29) is 17.0 Å². The van der Waals surface area contributed by atoms with E-state index in [4.69, 9.17) is 5.11 Å². The summed E-state index contributed by atoms with van der Waals surface area (Å²) in [5, 5.41) is 9.66. The number of rotatable bonds is 4. The van der Waals surface area contributed by atoms with Gasteiger partial charge in [0, 0.05) is 21.7 Å². The van der Waals surface area contributed by atoms with E-state index >= 15 is 0 Å². The van der Waals surface area contributed by atoms with Crippen molar-refractivity contribution in [3.63, 3.8) is 0 Å². The molecule has 3 rings (SSSR count). The summed E-state index contributed by atoms with van der Waals surface area (Å²) in [4.78, 5) is 15.4. The standard InChI is InChI=1S/C16H13BrN2O4S/c1-10-14(9-15(20)21)13-6-3-7-18-16(13)19(10)24(22,23)12-5-2-4-11(17)8-12/h2-8H,9H2,1H3,(H,20,21). The van der Waals surface area contributed by atoms with Crippen molar-refractivity contribution in [1.82, 2.24) is 8.96 Å². The minimum atomic E-state index is -3.90. The number of hydrogen-bond acceptors (Lipinski definition) is 4. The molecule has 0 radical (unpaired) electrons. The van der Waals surface area contributed by atoms with Crippen LogP contribution in [0.1, 0.15) is 11.3 Å². The number of halogens is 1. The fraction of sp³-hybridized carbons (Fsp3) is 0.125. The van der Waals surface area contributed by atoms with E-state index in [1.54, 1.807) is 31.2 Å². The Balaban J connectivity index is 2.34. The van der Waals surface area contributed by atoms with Gasteiger partial charge in [-0.25, -0.2) is 17.4 Å². The van der Waals surface area contributed by atoms with Gasteiger partial charge < -0.3 is 5.11 Å². The molecule has 0 saturated heterocycles. The molecule has 0 aliphatic rings. The fourth-order valence-corrected chi connectivity index (χ4v) is 4.80. The Morgan fingerprint density at radius 2 is 2.04 bits per heavy atom. The molecule has 24 heavy (non-hydrogen) atoms. The van der Waals surface area contributed by atoms with Crippen molar-refractivity contribution >= 4 is 43.0 Å². The van der Waals surface area contributed by atoms with Crippen molar-refractivity contribution in [3.8, 4) is 0 Å². The van der Waals surface area contributed by atoms with Gasteiger partial charge in [-0.05, 0) is 42.8 Å². The third-order valence-electron chi connectivity index (χ3n) is 3.71. The van der Waals surface area contributed by atoms with Gasteiger partial charge in [-0.15, -0.1) is 0 Å².